The van der Waals surface area contributed by atoms with Crippen LogP contribution in [0.2, 0.25) is 0 Å². The van der Waals surface area contributed by atoms with Crippen LogP contribution in [-0.2, 0) is 16.1 Å². The summed E-state index contributed by atoms with van der Waals surface area (Å²) in [4.78, 5) is 16.9. The van der Waals surface area contributed by atoms with Gasteiger partial charge in [0.05, 0.1) is 24.9 Å². The van der Waals surface area contributed by atoms with Gasteiger partial charge in [-0.1, -0.05) is 25.0 Å². The predicted molar refractivity (Wildman–Crippen MR) is 128 cm³/mol. The SMILES string of the molecule is CC.O=C(C1CC2(CC2)C1)N1CCN(c2nnc(-c3ccc4c(c3)N(C3COC3)NC4)o2)CC1. The number of ether oxygens (including phenoxy) is 1. The van der Waals surface area contributed by atoms with Crippen molar-refractivity contribution in [3.63, 3.8) is 0 Å². The number of anilines is 2. The molecule has 2 aliphatic carbocycles. The molecule has 0 unspecified atom stereocenters. The van der Waals surface area contributed by atoms with E-state index in [0.29, 0.717) is 29.3 Å². The van der Waals surface area contributed by atoms with E-state index in [-0.39, 0.29) is 5.92 Å². The van der Waals surface area contributed by atoms with E-state index >= 15 is 0 Å². The fourth-order valence-corrected chi connectivity index (χ4v) is 5.61. The molecule has 2 saturated carbocycles. The Hall–Kier alpha value is -2.65. The van der Waals surface area contributed by atoms with Crippen molar-refractivity contribution in [3.8, 4) is 11.5 Å². The summed E-state index contributed by atoms with van der Waals surface area (Å²) < 4.78 is 11.4. The highest BCUT2D eigenvalue weighted by atomic mass is 16.5. The van der Waals surface area contributed by atoms with Crippen molar-refractivity contribution in [1.29, 1.82) is 0 Å². The van der Waals surface area contributed by atoms with E-state index in [9.17, 15) is 4.79 Å². The first kappa shape index (κ1) is 21.9. The van der Waals surface area contributed by atoms with Crippen LogP contribution in [0.3, 0.4) is 0 Å². The molecule has 1 N–H and O–H groups in total. The van der Waals surface area contributed by atoms with Gasteiger partial charge in [0.2, 0.25) is 11.8 Å². The maximum Gasteiger partial charge on any atom is 0.318 e. The van der Waals surface area contributed by atoms with Crippen molar-refractivity contribution < 1.29 is 13.9 Å². The molecular weight excluding hydrogens is 432 g/mol. The number of nitrogens with one attached hydrogen (secondary N) is 1. The Morgan fingerprint density at radius 2 is 1.85 bits per heavy atom. The number of benzene rings is 1. The molecule has 1 aromatic carbocycles. The molecule has 1 amide bonds. The van der Waals surface area contributed by atoms with Crippen molar-refractivity contribution >= 4 is 17.6 Å². The van der Waals surface area contributed by atoms with Crippen LogP contribution in [-0.4, -0.2) is 66.4 Å². The first-order valence-electron chi connectivity index (χ1n) is 12.8. The maximum absolute atomic E-state index is 12.8. The van der Waals surface area contributed by atoms with Crippen LogP contribution in [0.4, 0.5) is 11.7 Å². The lowest BCUT2D eigenvalue weighted by Gasteiger charge is -2.41. The monoisotopic (exact) mass is 466 g/mol. The average Bonchev–Trinajstić information content (AvgIpc) is 3.30. The van der Waals surface area contributed by atoms with Gasteiger partial charge >= 0.3 is 6.01 Å². The Bertz CT molecular complexity index is 1050. The molecule has 34 heavy (non-hydrogen) atoms. The predicted octanol–water partition coefficient (Wildman–Crippen LogP) is 2.83. The number of aromatic nitrogens is 2. The molecule has 2 saturated heterocycles. The molecule has 9 heteroatoms. The normalized spacial score (nSPS) is 23.2. The molecular formula is C25H34N6O3. The number of fused-ring (bicyclic) bond motifs is 1. The molecule has 4 fully saturated rings. The number of carbonyl (C=O) groups is 1. The number of amides is 1. The van der Waals surface area contributed by atoms with Crippen molar-refractivity contribution in [2.45, 2.75) is 52.1 Å². The van der Waals surface area contributed by atoms with Gasteiger partial charge in [-0.2, -0.15) is 0 Å². The van der Waals surface area contributed by atoms with E-state index in [4.69, 9.17) is 9.15 Å². The fraction of sp³-hybridized carbons (Fsp3) is 0.640. The molecule has 7 rings (SSSR count). The molecule has 5 aliphatic rings. The summed E-state index contributed by atoms with van der Waals surface area (Å²) >= 11 is 0. The Balaban J connectivity index is 0.00000106. The van der Waals surface area contributed by atoms with Crippen LogP contribution in [0.15, 0.2) is 22.6 Å². The van der Waals surface area contributed by atoms with Gasteiger partial charge in [-0.25, -0.2) is 5.43 Å². The van der Waals surface area contributed by atoms with E-state index in [1.807, 2.05) is 24.8 Å². The summed E-state index contributed by atoms with van der Waals surface area (Å²) in [6.07, 6.45) is 4.89. The van der Waals surface area contributed by atoms with E-state index in [2.05, 4.69) is 37.7 Å². The van der Waals surface area contributed by atoms with E-state index in [1.54, 1.807) is 0 Å². The van der Waals surface area contributed by atoms with E-state index < -0.39 is 0 Å². The number of hydrazine groups is 1. The van der Waals surface area contributed by atoms with Gasteiger partial charge < -0.3 is 24.0 Å². The molecule has 0 atom stereocenters. The van der Waals surface area contributed by atoms with Crippen LogP contribution >= 0.6 is 0 Å². The summed E-state index contributed by atoms with van der Waals surface area (Å²) in [5.74, 6) is 1.14. The second-order valence-corrected chi connectivity index (χ2v) is 10.0. The number of carbonyl (C=O) groups excluding carboxylic acids is 1. The van der Waals surface area contributed by atoms with Gasteiger partial charge in [0.1, 0.15) is 0 Å². The van der Waals surface area contributed by atoms with Crippen LogP contribution in [0.5, 0.6) is 0 Å². The highest BCUT2D eigenvalue weighted by Gasteiger charge is 2.55. The Labute approximate surface area is 200 Å². The Morgan fingerprint density at radius 1 is 1.09 bits per heavy atom. The summed E-state index contributed by atoms with van der Waals surface area (Å²) in [5, 5.41) is 10.8. The molecule has 0 radical (unpaired) electrons. The van der Waals surface area contributed by atoms with Gasteiger partial charge in [0.15, 0.2) is 0 Å². The third-order valence-corrected chi connectivity index (χ3v) is 7.96. The Kier molecular flexibility index (Phi) is 5.49. The Morgan fingerprint density at radius 3 is 2.53 bits per heavy atom. The smallest absolute Gasteiger partial charge is 0.318 e. The minimum absolute atomic E-state index is 0.263. The molecule has 3 aliphatic heterocycles. The zero-order valence-corrected chi connectivity index (χ0v) is 20.1. The van der Waals surface area contributed by atoms with E-state index in [1.165, 1.54) is 18.4 Å². The minimum Gasteiger partial charge on any atom is -0.403 e. The summed E-state index contributed by atoms with van der Waals surface area (Å²) in [7, 11) is 0. The summed E-state index contributed by atoms with van der Waals surface area (Å²) in [6, 6.07) is 7.19. The average molecular weight is 467 g/mol. The molecule has 1 spiro atoms. The lowest BCUT2D eigenvalue weighted by Crippen LogP contribution is -2.53. The van der Waals surface area contributed by atoms with Crippen molar-refractivity contribution in [2.24, 2.45) is 11.3 Å². The zero-order chi connectivity index (χ0) is 23.3. The first-order valence-corrected chi connectivity index (χ1v) is 12.8. The fourth-order valence-electron chi connectivity index (χ4n) is 5.61. The molecule has 2 aromatic rings. The molecule has 1 aromatic heterocycles. The minimum atomic E-state index is 0.263. The van der Waals surface area contributed by atoms with Crippen molar-refractivity contribution in [1.82, 2.24) is 20.5 Å². The van der Waals surface area contributed by atoms with Gasteiger partial charge in [-0.3, -0.25) is 4.79 Å². The largest absolute Gasteiger partial charge is 0.403 e. The molecule has 0 bridgehead atoms. The highest BCUT2D eigenvalue weighted by molar-refractivity contribution is 5.80. The molecule has 4 heterocycles. The van der Waals surface area contributed by atoms with Gasteiger partial charge in [-0.15, -0.1) is 5.10 Å². The third kappa shape index (κ3) is 3.75. The van der Waals surface area contributed by atoms with E-state index in [0.717, 1.165) is 70.0 Å². The second kappa shape index (κ2) is 8.53. The standard InChI is InChI=1S/C23H28N6O3.C2H6/c30-21(17-10-23(11-17)3-4-23)27-5-7-28(8-6-27)22-26-25-20(32-22)15-1-2-16-12-24-29(19(16)9-15)18-13-31-14-18;1-2/h1-2,9,17-18,24H,3-8,10-14H2;1-2H3. The first-order chi connectivity index (χ1) is 16.7. The van der Waals surface area contributed by atoms with Crippen LogP contribution in [0, 0.1) is 11.3 Å². The summed E-state index contributed by atoms with van der Waals surface area (Å²) in [6.45, 7) is 9.23. The van der Waals surface area contributed by atoms with Crippen molar-refractivity contribution in [2.75, 3.05) is 49.3 Å². The number of nitrogens with zero attached hydrogens (tertiary/aromatic N) is 5. The topological polar surface area (TPSA) is 87.0 Å². The summed E-state index contributed by atoms with van der Waals surface area (Å²) in [5.41, 5.74) is 7.35. The number of hydrogen-bond acceptors (Lipinski definition) is 8. The third-order valence-electron chi connectivity index (χ3n) is 7.96. The maximum atomic E-state index is 12.8. The van der Waals surface area contributed by atoms with Gasteiger partial charge in [0, 0.05) is 44.2 Å². The zero-order valence-electron chi connectivity index (χ0n) is 20.1. The van der Waals surface area contributed by atoms with Gasteiger partial charge in [0.25, 0.3) is 0 Å². The van der Waals surface area contributed by atoms with Crippen LogP contribution in [0.25, 0.3) is 11.5 Å². The number of piperazine rings is 1. The quantitative estimate of drug-likeness (QED) is 0.736. The van der Waals surface area contributed by atoms with Crippen molar-refractivity contribution in [3.05, 3.63) is 23.8 Å². The second-order valence-electron chi connectivity index (χ2n) is 10.0. The molecule has 9 nitrogen and oxygen atoms in total. The number of rotatable bonds is 4. The van der Waals surface area contributed by atoms with Gasteiger partial charge in [-0.05, 0) is 48.8 Å². The molecule has 182 valence electrons. The van der Waals surface area contributed by atoms with Crippen LogP contribution < -0.4 is 15.3 Å². The number of hydrogen-bond donors (Lipinski definition) is 1. The lowest BCUT2D eigenvalue weighted by molar-refractivity contribution is -0.141. The lowest BCUT2D eigenvalue weighted by atomic mass is 9.71. The highest BCUT2D eigenvalue weighted by Crippen LogP contribution is 2.63. The van der Waals surface area contributed by atoms with Crippen LogP contribution in [0.1, 0.15) is 45.1 Å².